The van der Waals surface area contributed by atoms with E-state index in [1.165, 1.54) is 38.5 Å². The molecule has 0 amide bonds. The molecule has 2 rings (SSSR count). The highest BCUT2D eigenvalue weighted by Gasteiger charge is 2.18. The molecule has 0 heterocycles. The van der Waals surface area contributed by atoms with E-state index in [1.54, 1.807) is 6.08 Å². The Kier molecular flexibility index (Phi) is 6.12. The lowest BCUT2D eigenvalue weighted by molar-refractivity contribution is 0.294. The smallest absolute Gasteiger partial charge is 0.194 e. The maximum Gasteiger partial charge on any atom is 0.194 e. The second-order valence-electron chi connectivity index (χ2n) is 5.95. The zero-order valence-corrected chi connectivity index (χ0v) is 12.8. The fraction of sp³-hybridized carbons (Fsp3) is 0.474. The standard InChI is InChI=1S/C19H21F3/c1-2-5-14-8-10-15(11-9-14)6-3-4-7-16-12-17(20)19(22)18(21)13-16/h3,6,12-15H,2,5,8-11H2,1H3. The van der Waals surface area contributed by atoms with Crippen LogP contribution in [0.25, 0.3) is 0 Å². The van der Waals surface area contributed by atoms with Gasteiger partial charge in [-0.1, -0.05) is 37.7 Å². The quantitative estimate of drug-likeness (QED) is 0.502. The lowest BCUT2D eigenvalue weighted by Crippen LogP contribution is -2.12. The number of rotatable bonds is 3. The number of halogens is 3. The summed E-state index contributed by atoms with van der Waals surface area (Å²) in [6.07, 6.45) is 11.3. The molecule has 1 aliphatic rings. The number of benzene rings is 1. The minimum atomic E-state index is -1.45. The first-order chi connectivity index (χ1) is 10.6. The van der Waals surface area contributed by atoms with Crippen molar-refractivity contribution in [2.75, 3.05) is 0 Å². The molecule has 3 heteroatoms. The van der Waals surface area contributed by atoms with E-state index in [0.717, 1.165) is 18.1 Å². The van der Waals surface area contributed by atoms with Crippen molar-refractivity contribution >= 4 is 0 Å². The molecule has 0 aliphatic heterocycles. The Labute approximate surface area is 130 Å². The average Bonchev–Trinajstić information content (AvgIpc) is 2.51. The predicted octanol–water partition coefficient (Wildman–Crippen LogP) is 5.62. The van der Waals surface area contributed by atoms with Gasteiger partial charge < -0.3 is 0 Å². The molecule has 0 saturated heterocycles. The molecule has 0 bridgehead atoms. The Bertz CT molecular complexity index is 561. The van der Waals surface area contributed by atoms with E-state index in [1.807, 2.05) is 0 Å². The number of allylic oxidation sites excluding steroid dienone is 2. The van der Waals surface area contributed by atoms with Crippen LogP contribution in [-0.2, 0) is 0 Å². The Balaban J connectivity index is 1.89. The molecule has 1 aromatic rings. The van der Waals surface area contributed by atoms with Gasteiger partial charge in [0.25, 0.3) is 0 Å². The number of hydrogen-bond acceptors (Lipinski definition) is 0. The van der Waals surface area contributed by atoms with Crippen molar-refractivity contribution in [3.8, 4) is 11.8 Å². The van der Waals surface area contributed by atoms with Crippen LogP contribution in [0.5, 0.6) is 0 Å². The van der Waals surface area contributed by atoms with Crippen LogP contribution in [0.3, 0.4) is 0 Å². The fourth-order valence-corrected chi connectivity index (χ4v) is 3.01. The third kappa shape index (κ3) is 4.66. The summed E-state index contributed by atoms with van der Waals surface area (Å²) in [5, 5.41) is 0. The van der Waals surface area contributed by atoms with Gasteiger partial charge in [0.2, 0.25) is 0 Å². The summed E-state index contributed by atoms with van der Waals surface area (Å²) >= 11 is 0. The third-order valence-corrected chi connectivity index (χ3v) is 4.24. The molecule has 1 aliphatic carbocycles. The minimum absolute atomic E-state index is 0.146. The summed E-state index contributed by atoms with van der Waals surface area (Å²) < 4.78 is 38.9. The second-order valence-corrected chi connectivity index (χ2v) is 5.95. The van der Waals surface area contributed by atoms with Crippen LogP contribution in [0.15, 0.2) is 24.3 Å². The van der Waals surface area contributed by atoms with Gasteiger partial charge in [-0.2, -0.15) is 0 Å². The molecule has 1 saturated carbocycles. The van der Waals surface area contributed by atoms with E-state index < -0.39 is 17.5 Å². The van der Waals surface area contributed by atoms with E-state index in [-0.39, 0.29) is 5.56 Å². The lowest BCUT2D eigenvalue weighted by Gasteiger charge is -2.26. The maximum absolute atomic E-state index is 13.0. The maximum atomic E-state index is 13.0. The fourth-order valence-electron chi connectivity index (χ4n) is 3.01. The Hall–Kier alpha value is -1.69. The molecule has 0 atom stereocenters. The first kappa shape index (κ1) is 16.7. The van der Waals surface area contributed by atoms with Crippen LogP contribution >= 0.6 is 0 Å². The summed E-state index contributed by atoms with van der Waals surface area (Å²) in [7, 11) is 0. The molecule has 0 unspecified atom stereocenters. The lowest BCUT2D eigenvalue weighted by atomic mass is 9.80. The predicted molar refractivity (Wildman–Crippen MR) is 82.7 cm³/mol. The topological polar surface area (TPSA) is 0 Å². The highest BCUT2D eigenvalue weighted by molar-refractivity contribution is 5.37. The van der Waals surface area contributed by atoms with Crippen LogP contribution in [0.4, 0.5) is 13.2 Å². The summed E-state index contributed by atoms with van der Waals surface area (Å²) in [6.45, 7) is 2.22. The van der Waals surface area contributed by atoms with Gasteiger partial charge in [-0.3, -0.25) is 0 Å². The Morgan fingerprint density at radius 2 is 1.73 bits per heavy atom. The highest BCUT2D eigenvalue weighted by Crippen LogP contribution is 2.32. The largest absolute Gasteiger partial charge is 0.204 e. The van der Waals surface area contributed by atoms with Gasteiger partial charge in [-0.05, 0) is 55.7 Å². The highest BCUT2D eigenvalue weighted by atomic mass is 19.2. The van der Waals surface area contributed by atoms with Crippen molar-refractivity contribution in [1.29, 1.82) is 0 Å². The average molecular weight is 306 g/mol. The Morgan fingerprint density at radius 3 is 2.32 bits per heavy atom. The summed E-state index contributed by atoms with van der Waals surface area (Å²) in [5.41, 5.74) is 0.146. The van der Waals surface area contributed by atoms with Gasteiger partial charge in [0.1, 0.15) is 0 Å². The second kappa shape index (κ2) is 8.08. The zero-order valence-electron chi connectivity index (χ0n) is 12.8. The molecule has 118 valence electrons. The normalized spacial score (nSPS) is 21.6. The van der Waals surface area contributed by atoms with Gasteiger partial charge in [0, 0.05) is 5.56 Å². The van der Waals surface area contributed by atoms with Crippen LogP contribution in [-0.4, -0.2) is 0 Å². The molecule has 0 radical (unpaired) electrons. The van der Waals surface area contributed by atoms with Gasteiger partial charge >= 0.3 is 0 Å². The van der Waals surface area contributed by atoms with Crippen LogP contribution in [0.2, 0.25) is 0 Å². The van der Waals surface area contributed by atoms with Crippen molar-refractivity contribution < 1.29 is 13.2 Å². The number of hydrogen-bond donors (Lipinski definition) is 0. The van der Waals surface area contributed by atoms with Crippen molar-refractivity contribution in [2.45, 2.75) is 45.4 Å². The molecule has 0 aromatic heterocycles. The van der Waals surface area contributed by atoms with Crippen molar-refractivity contribution in [3.05, 3.63) is 47.3 Å². The minimum Gasteiger partial charge on any atom is -0.204 e. The van der Waals surface area contributed by atoms with Crippen molar-refractivity contribution in [1.82, 2.24) is 0 Å². The molecular formula is C19H21F3. The third-order valence-electron chi connectivity index (χ3n) is 4.24. The summed E-state index contributed by atoms with van der Waals surface area (Å²) in [4.78, 5) is 0. The van der Waals surface area contributed by atoms with E-state index in [9.17, 15) is 13.2 Å². The van der Waals surface area contributed by atoms with Gasteiger partial charge in [0.15, 0.2) is 17.5 Å². The van der Waals surface area contributed by atoms with Crippen LogP contribution in [0.1, 0.15) is 51.0 Å². The molecule has 0 nitrogen and oxygen atoms in total. The van der Waals surface area contributed by atoms with Gasteiger partial charge in [0.05, 0.1) is 0 Å². The monoisotopic (exact) mass is 306 g/mol. The molecule has 0 spiro atoms. The van der Waals surface area contributed by atoms with Crippen molar-refractivity contribution in [2.24, 2.45) is 11.8 Å². The first-order valence-electron chi connectivity index (χ1n) is 7.93. The van der Waals surface area contributed by atoms with E-state index in [2.05, 4.69) is 24.8 Å². The van der Waals surface area contributed by atoms with Crippen LogP contribution in [0, 0.1) is 41.1 Å². The summed E-state index contributed by atoms with van der Waals surface area (Å²) in [6, 6.07) is 1.82. The van der Waals surface area contributed by atoms with Crippen LogP contribution < -0.4 is 0 Å². The van der Waals surface area contributed by atoms with E-state index in [4.69, 9.17) is 0 Å². The molecule has 1 aromatic carbocycles. The van der Waals surface area contributed by atoms with E-state index in [0.29, 0.717) is 5.92 Å². The summed E-state index contributed by atoms with van der Waals surface area (Å²) in [5.74, 6) is 2.96. The zero-order chi connectivity index (χ0) is 15.9. The first-order valence-corrected chi connectivity index (χ1v) is 7.93. The molecule has 22 heavy (non-hydrogen) atoms. The van der Waals surface area contributed by atoms with Gasteiger partial charge in [-0.15, -0.1) is 0 Å². The Morgan fingerprint density at radius 1 is 1.09 bits per heavy atom. The molecule has 1 fully saturated rings. The molecule has 0 N–H and O–H groups in total. The van der Waals surface area contributed by atoms with Gasteiger partial charge in [-0.25, -0.2) is 13.2 Å². The SMILES string of the molecule is CCCC1CCC(C=CC#Cc2cc(F)c(F)c(F)c2)CC1. The van der Waals surface area contributed by atoms with Crippen molar-refractivity contribution in [3.63, 3.8) is 0 Å². The molecular weight excluding hydrogens is 285 g/mol. The van der Waals surface area contributed by atoms with E-state index >= 15 is 0 Å².